The smallest absolute Gasteiger partial charge is 0.269 e. The summed E-state index contributed by atoms with van der Waals surface area (Å²) in [6, 6.07) is 17.6. The van der Waals surface area contributed by atoms with Gasteiger partial charge in [0, 0.05) is 18.5 Å². The highest BCUT2D eigenvalue weighted by Crippen LogP contribution is 2.27. The molecule has 1 saturated heterocycles. The molecule has 2 aromatic rings. The monoisotopic (exact) mass is 352 g/mol. The summed E-state index contributed by atoms with van der Waals surface area (Å²) < 4.78 is 10.9. The molecule has 26 heavy (non-hydrogen) atoms. The highest BCUT2D eigenvalue weighted by Gasteiger charge is 2.27. The first kappa shape index (κ1) is 16.8. The van der Waals surface area contributed by atoms with Gasteiger partial charge in [-0.2, -0.15) is 0 Å². The van der Waals surface area contributed by atoms with Gasteiger partial charge in [-0.3, -0.25) is 4.79 Å². The largest absolute Gasteiger partial charge is 0.387 e. The molecule has 134 valence electrons. The Morgan fingerprint density at radius 2 is 1.73 bits per heavy atom. The Kier molecular flexibility index (Phi) is 4.95. The number of hydrogen-bond acceptors (Lipinski definition) is 5. The van der Waals surface area contributed by atoms with Crippen molar-refractivity contribution in [3.8, 4) is 0 Å². The summed E-state index contributed by atoms with van der Waals surface area (Å²) in [5, 5.41) is 6.83. The Morgan fingerprint density at radius 3 is 2.46 bits per heavy atom. The van der Waals surface area contributed by atoms with Crippen LogP contribution in [0.4, 0.5) is 0 Å². The quantitative estimate of drug-likeness (QED) is 0.898. The SMILES string of the molecule is O=C(NCc1ccc(C2OCCO2)cc1)C1=NO[C@H](c2ccccc2)C1. The minimum Gasteiger partial charge on any atom is -0.387 e. The van der Waals surface area contributed by atoms with E-state index >= 15 is 0 Å². The Balaban J connectivity index is 1.29. The first-order valence-corrected chi connectivity index (χ1v) is 8.67. The summed E-state index contributed by atoms with van der Waals surface area (Å²) in [5.74, 6) is -0.199. The van der Waals surface area contributed by atoms with Gasteiger partial charge in [0.25, 0.3) is 5.91 Å². The maximum absolute atomic E-state index is 12.3. The summed E-state index contributed by atoms with van der Waals surface area (Å²) in [6.07, 6.45) is 0.00621. The first-order chi connectivity index (χ1) is 12.8. The molecule has 0 spiro atoms. The van der Waals surface area contributed by atoms with Crippen molar-refractivity contribution in [3.05, 3.63) is 71.3 Å². The molecule has 6 heteroatoms. The second-order valence-electron chi connectivity index (χ2n) is 6.24. The number of carbonyl (C=O) groups excluding carboxylic acids is 1. The zero-order chi connectivity index (χ0) is 17.8. The Bertz CT molecular complexity index is 783. The number of oxime groups is 1. The number of amides is 1. The molecule has 4 rings (SSSR count). The van der Waals surface area contributed by atoms with Crippen LogP contribution < -0.4 is 5.32 Å². The number of rotatable bonds is 5. The van der Waals surface area contributed by atoms with Gasteiger partial charge in [0.15, 0.2) is 12.4 Å². The number of hydrogen-bond donors (Lipinski definition) is 1. The van der Waals surface area contributed by atoms with Crippen molar-refractivity contribution in [3.63, 3.8) is 0 Å². The number of nitrogens with one attached hydrogen (secondary N) is 1. The molecule has 2 aromatic carbocycles. The molecule has 1 atom stereocenters. The minimum atomic E-state index is -0.279. The summed E-state index contributed by atoms with van der Waals surface area (Å²) in [6.45, 7) is 1.67. The first-order valence-electron chi connectivity index (χ1n) is 8.67. The van der Waals surface area contributed by atoms with Crippen LogP contribution >= 0.6 is 0 Å². The van der Waals surface area contributed by atoms with Crippen molar-refractivity contribution in [2.75, 3.05) is 13.2 Å². The number of benzene rings is 2. The third-order valence-corrected chi connectivity index (χ3v) is 4.43. The Labute approximate surface area is 151 Å². The number of ether oxygens (including phenoxy) is 2. The maximum atomic E-state index is 12.3. The van der Waals surface area contributed by atoms with Crippen LogP contribution in [-0.4, -0.2) is 24.8 Å². The van der Waals surface area contributed by atoms with E-state index in [-0.39, 0.29) is 18.3 Å². The molecule has 0 radical (unpaired) electrons. The van der Waals surface area contributed by atoms with Crippen molar-refractivity contribution in [1.29, 1.82) is 0 Å². The molecule has 1 fully saturated rings. The lowest BCUT2D eigenvalue weighted by molar-refractivity contribution is -0.115. The predicted molar refractivity (Wildman–Crippen MR) is 95.3 cm³/mol. The Morgan fingerprint density at radius 1 is 1.00 bits per heavy atom. The van der Waals surface area contributed by atoms with E-state index in [9.17, 15) is 4.79 Å². The zero-order valence-corrected chi connectivity index (χ0v) is 14.3. The van der Waals surface area contributed by atoms with E-state index in [1.165, 1.54) is 0 Å². The Hall–Kier alpha value is -2.70. The van der Waals surface area contributed by atoms with Crippen LogP contribution in [0.2, 0.25) is 0 Å². The molecule has 0 aliphatic carbocycles. The average molecular weight is 352 g/mol. The molecule has 2 heterocycles. The molecule has 0 saturated carbocycles. The van der Waals surface area contributed by atoms with Crippen molar-refractivity contribution in [2.24, 2.45) is 5.16 Å². The summed E-state index contributed by atoms with van der Waals surface area (Å²) in [4.78, 5) is 17.7. The van der Waals surface area contributed by atoms with Gasteiger partial charge in [-0.15, -0.1) is 0 Å². The molecular weight excluding hydrogens is 332 g/mol. The fourth-order valence-electron chi connectivity index (χ4n) is 2.99. The van der Waals surface area contributed by atoms with Gasteiger partial charge < -0.3 is 19.6 Å². The zero-order valence-electron chi connectivity index (χ0n) is 14.3. The van der Waals surface area contributed by atoms with Gasteiger partial charge in [0.05, 0.1) is 13.2 Å². The van der Waals surface area contributed by atoms with E-state index < -0.39 is 0 Å². The lowest BCUT2D eigenvalue weighted by atomic mass is 10.0. The molecule has 1 N–H and O–H groups in total. The highest BCUT2D eigenvalue weighted by atomic mass is 16.7. The molecule has 0 aromatic heterocycles. The third-order valence-electron chi connectivity index (χ3n) is 4.43. The maximum Gasteiger partial charge on any atom is 0.269 e. The average Bonchev–Trinajstić information content (AvgIpc) is 3.39. The van der Waals surface area contributed by atoms with Gasteiger partial charge >= 0.3 is 0 Å². The van der Waals surface area contributed by atoms with Crippen molar-refractivity contribution in [2.45, 2.75) is 25.4 Å². The van der Waals surface area contributed by atoms with E-state index in [1.807, 2.05) is 54.6 Å². The molecule has 6 nitrogen and oxygen atoms in total. The predicted octanol–water partition coefficient (Wildman–Crippen LogP) is 2.87. The molecule has 0 unspecified atom stereocenters. The van der Waals surface area contributed by atoms with E-state index in [0.717, 1.165) is 16.7 Å². The summed E-state index contributed by atoms with van der Waals surface area (Å²) in [5.41, 5.74) is 3.42. The van der Waals surface area contributed by atoms with Gasteiger partial charge in [-0.25, -0.2) is 0 Å². The van der Waals surface area contributed by atoms with E-state index in [0.29, 0.717) is 31.9 Å². The van der Waals surface area contributed by atoms with E-state index in [4.69, 9.17) is 14.3 Å². The second-order valence-corrected chi connectivity index (χ2v) is 6.24. The molecule has 2 aliphatic rings. The summed E-state index contributed by atoms with van der Waals surface area (Å²) >= 11 is 0. The van der Waals surface area contributed by atoms with Gasteiger partial charge in [0.2, 0.25) is 0 Å². The van der Waals surface area contributed by atoms with Crippen molar-refractivity contribution < 1.29 is 19.1 Å². The number of carbonyl (C=O) groups is 1. The second kappa shape index (κ2) is 7.68. The van der Waals surface area contributed by atoms with Crippen LogP contribution in [0.5, 0.6) is 0 Å². The summed E-state index contributed by atoms with van der Waals surface area (Å²) in [7, 11) is 0. The third kappa shape index (κ3) is 3.76. The lowest BCUT2D eigenvalue weighted by Gasteiger charge is -2.10. The normalized spacial score (nSPS) is 19.8. The van der Waals surface area contributed by atoms with Crippen molar-refractivity contribution in [1.82, 2.24) is 5.32 Å². The molecular formula is C20H20N2O4. The van der Waals surface area contributed by atoms with Crippen LogP contribution in [0.1, 0.15) is 35.5 Å². The fourth-order valence-corrected chi connectivity index (χ4v) is 2.99. The van der Waals surface area contributed by atoms with Crippen molar-refractivity contribution >= 4 is 11.6 Å². The van der Waals surface area contributed by atoms with Crippen LogP contribution in [0.25, 0.3) is 0 Å². The topological polar surface area (TPSA) is 69.2 Å². The van der Waals surface area contributed by atoms with Gasteiger partial charge in [-0.05, 0) is 11.1 Å². The molecule has 1 amide bonds. The standard InChI is InChI=1S/C20H20N2O4/c23-19(17-12-18(26-22-17)15-4-2-1-3-5-15)21-13-14-6-8-16(9-7-14)20-24-10-11-25-20/h1-9,18,20H,10-13H2,(H,21,23)/t18-/m0/s1. The van der Waals surface area contributed by atoms with E-state index in [2.05, 4.69) is 10.5 Å². The minimum absolute atomic E-state index is 0.192. The highest BCUT2D eigenvalue weighted by molar-refractivity contribution is 6.39. The van der Waals surface area contributed by atoms with Gasteiger partial charge in [-0.1, -0.05) is 59.8 Å². The lowest BCUT2D eigenvalue weighted by Crippen LogP contribution is -2.29. The van der Waals surface area contributed by atoms with Crippen LogP contribution in [0, 0.1) is 0 Å². The van der Waals surface area contributed by atoms with Crippen LogP contribution in [-0.2, 0) is 25.7 Å². The van der Waals surface area contributed by atoms with E-state index in [1.54, 1.807) is 0 Å². The molecule has 2 aliphatic heterocycles. The number of nitrogens with zero attached hydrogens (tertiary/aromatic N) is 1. The molecule has 0 bridgehead atoms. The van der Waals surface area contributed by atoms with Crippen LogP contribution in [0.3, 0.4) is 0 Å². The van der Waals surface area contributed by atoms with Gasteiger partial charge in [0.1, 0.15) is 5.71 Å². The fraction of sp³-hybridized carbons (Fsp3) is 0.300. The van der Waals surface area contributed by atoms with Crippen LogP contribution in [0.15, 0.2) is 59.8 Å².